The lowest BCUT2D eigenvalue weighted by Crippen LogP contribution is -2.29. The topological polar surface area (TPSA) is 82.5 Å². The summed E-state index contributed by atoms with van der Waals surface area (Å²) in [6.45, 7) is 2.62. The van der Waals surface area contributed by atoms with Gasteiger partial charge in [0, 0.05) is 32.4 Å². The van der Waals surface area contributed by atoms with Crippen LogP contribution in [-0.2, 0) is 10.0 Å². The first-order chi connectivity index (χ1) is 8.52. The molecule has 1 aromatic rings. The smallest absolute Gasteiger partial charge is 0.243 e. The normalized spacial score (nSPS) is 11.8. The average molecular weight is 273 g/mol. The third-order valence-electron chi connectivity index (χ3n) is 2.41. The molecule has 0 spiro atoms. The van der Waals surface area contributed by atoms with Crippen LogP contribution in [0.5, 0.6) is 0 Å². The zero-order valence-corrected chi connectivity index (χ0v) is 11.4. The molecule has 0 aromatic carbocycles. The zero-order valence-electron chi connectivity index (χ0n) is 10.6. The predicted molar refractivity (Wildman–Crippen MR) is 69.9 cm³/mol. The molecule has 2 N–H and O–H groups in total. The summed E-state index contributed by atoms with van der Waals surface area (Å²) in [6, 6.07) is 2.94. The van der Waals surface area contributed by atoms with Gasteiger partial charge in [0.2, 0.25) is 10.0 Å². The number of likely N-dealkylation sites (N-methyl/N-ethyl adjacent to an activating group) is 1. The molecule has 0 unspecified atom stereocenters. The molecule has 102 valence electrons. The van der Waals surface area contributed by atoms with Crippen molar-refractivity contribution in [2.24, 2.45) is 0 Å². The van der Waals surface area contributed by atoms with Crippen molar-refractivity contribution >= 4 is 15.8 Å². The van der Waals surface area contributed by atoms with Crippen molar-refractivity contribution in [2.45, 2.75) is 18.2 Å². The first kappa shape index (κ1) is 14.9. The van der Waals surface area contributed by atoms with Crippen molar-refractivity contribution in [2.75, 3.05) is 32.1 Å². The standard InChI is InChI=1S/C11H19N3O3S/c1-3-5-12-11-9-10(4-6-13-11)18(16,17)14(2)7-8-15/h4,6,9,15H,3,5,7-8H2,1-2H3,(H,12,13). The fourth-order valence-corrected chi connectivity index (χ4v) is 2.54. The van der Waals surface area contributed by atoms with Crippen LogP contribution in [0.15, 0.2) is 23.2 Å². The van der Waals surface area contributed by atoms with Crippen molar-refractivity contribution in [3.8, 4) is 0 Å². The van der Waals surface area contributed by atoms with Crippen LogP contribution in [0.3, 0.4) is 0 Å². The Labute approximate surface area is 108 Å². The third kappa shape index (κ3) is 3.66. The van der Waals surface area contributed by atoms with E-state index in [1.807, 2.05) is 6.92 Å². The molecule has 1 heterocycles. The molecule has 0 aliphatic heterocycles. The molecule has 0 atom stereocenters. The highest BCUT2D eigenvalue weighted by atomic mass is 32.2. The van der Waals surface area contributed by atoms with E-state index in [0.29, 0.717) is 5.82 Å². The number of hydrogen-bond acceptors (Lipinski definition) is 5. The minimum atomic E-state index is -3.56. The van der Waals surface area contributed by atoms with Gasteiger partial charge in [0.25, 0.3) is 0 Å². The van der Waals surface area contributed by atoms with Crippen molar-refractivity contribution in [1.82, 2.24) is 9.29 Å². The monoisotopic (exact) mass is 273 g/mol. The molecule has 0 amide bonds. The highest BCUT2D eigenvalue weighted by molar-refractivity contribution is 7.89. The SMILES string of the molecule is CCCNc1cc(S(=O)(=O)N(C)CCO)ccn1. The summed E-state index contributed by atoms with van der Waals surface area (Å²) in [7, 11) is -2.12. The number of aliphatic hydroxyl groups excluding tert-OH is 1. The van der Waals surface area contributed by atoms with E-state index < -0.39 is 10.0 Å². The molecule has 0 bridgehead atoms. The van der Waals surface area contributed by atoms with E-state index >= 15 is 0 Å². The number of aliphatic hydroxyl groups is 1. The molecule has 6 nitrogen and oxygen atoms in total. The van der Waals surface area contributed by atoms with E-state index in [4.69, 9.17) is 5.11 Å². The highest BCUT2D eigenvalue weighted by Gasteiger charge is 2.20. The van der Waals surface area contributed by atoms with Crippen LogP contribution < -0.4 is 5.32 Å². The van der Waals surface area contributed by atoms with Crippen LogP contribution >= 0.6 is 0 Å². The minimum absolute atomic E-state index is 0.0718. The largest absolute Gasteiger partial charge is 0.395 e. The first-order valence-electron chi connectivity index (χ1n) is 5.79. The highest BCUT2D eigenvalue weighted by Crippen LogP contribution is 2.16. The number of pyridine rings is 1. The van der Waals surface area contributed by atoms with Gasteiger partial charge in [-0.3, -0.25) is 0 Å². The maximum absolute atomic E-state index is 12.1. The van der Waals surface area contributed by atoms with Crippen LogP contribution in [0.1, 0.15) is 13.3 Å². The zero-order chi connectivity index (χ0) is 13.6. The summed E-state index contributed by atoms with van der Waals surface area (Å²) in [5.74, 6) is 0.537. The maximum Gasteiger partial charge on any atom is 0.243 e. The summed E-state index contributed by atoms with van der Waals surface area (Å²) in [5, 5.41) is 11.8. The lowest BCUT2D eigenvalue weighted by atomic mass is 10.4. The summed E-state index contributed by atoms with van der Waals surface area (Å²) >= 11 is 0. The predicted octanol–water partition coefficient (Wildman–Crippen LogP) is 0.516. The van der Waals surface area contributed by atoms with E-state index in [9.17, 15) is 8.42 Å². The van der Waals surface area contributed by atoms with Gasteiger partial charge in [0.05, 0.1) is 11.5 Å². The Balaban J connectivity index is 2.95. The third-order valence-corrected chi connectivity index (χ3v) is 4.26. The number of aromatic nitrogens is 1. The van der Waals surface area contributed by atoms with Gasteiger partial charge < -0.3 is 10.4 Å². The fraction of sp³-hybridized carbons (Fsp3) is 0.545. The Morgan fingerprint density at radius 1 is 1.50 bits per heavy atom. The number of rotatable bonds is 7. The maximum atomic E-state index is 12.1. The first-order valence-corrected chi connectivity index (χ1v) is 7.23. The Morgan fingerprint density at radius 2 is 2.22 bits per heavy atom. The van der Waals surface area contributed by atoms with Crippen LogP contribution in [0, 0.1) is 0 Å². The minimum Gasteiger partial charge on any atom is -0.395 e. The van der Waals surface area contributed by atoms with Gasteiger partial charge in [-0.15, -0.1) is 0 Å². The second-order valence-electron chi connectivity index (χ2n) is 3.85. The molecule has 0 aliphatic carbocycles. The second kappa shape index (κ2) is 6.67. The van der Waals surface area contributed by atoms with Crippen LogP contribution in [0.25, 0.3) is 0 Å². The molecule has 0 aliphatic rings. The van der Waals surface area contributed by atoms with Crippen LogP contribution in [0.2, 0.25) is 0 Å². The molecular formula is C11H19N3O3S. The Bertz CT molecular complexity index is 476. The van der Waals surface area contributed by atoms with Crippen molar-refractivity contribution < 1.29 is 13.5 Å². The molecule has 0 fully saturated rings. The number of anilines is 1. The Hall–Kier alpha value is -1.18. The van der Waals surface area contributed by atoms with Gasteiger partial charge in [0.15, 0.2) is 0 Å². The van der Waals surface area contributed by atoms with Gasteiger partial charge in [-0.25, -0.2) is 13.4 Å². The van der Waals surface area contributed by atoms with E-state index in [-0.39, 0.29) is 18.0 Å². The number of sulfonamides is 1. The van der Waals surface area contributed by atoms with E-state index in [1.165, 1.54) is 25.4 Å². The fourth-order valence-electron chi connectivity index (χ4n) is 1.36. The van der Waals surface area contributed by atoms with Crippen LogP contribution in [0.4, 0.5) is 5.82 Å². The van der Waals surface area contributed by atoms with E-state index in [1.54, 1.807) is 0 Å². The molecule has 0 saturated carbocycles. The lowest BCUT2D eigenvalue weighted by Gasteiger charge is -2.16. The molecule has 7 heteroatoms. The summed E-state index contributed by atoms with van der Waals surface area (Å²) in [5.41, 5.74) is 0. The van der Waals surface area contributed by atoms with Gasteiger partial charge >= 0.3 is 0 Å². The molecule has 1 aromatic heterocycles. The summed E-state index contributed by atoms with van der Waals surface area (Å²) in [4.78, 5) is 4.23. The van der Waals surface area contributed by atoms with Gasteiger partial charge in [0.1, 0.15) is 5.82 Å². The number of nitrogens with zero attached hydrogens (tertiary/aromatic N) is 2. The molecule has 0 saturated heterocycles. The number of hydrogen-bond donors (Lipinski definition) is 2. The van der Waals surface area contributed by atoms with Crippen molar-refractivity contribution in [1.29, 1.82) is 0 Å². The van der Waals surface area contributed by atoms with E-state index in [0.717, 1.165) is 17.3 Å². The van der Waals surface area contributed by atoms with Gasteiger partial charge in [-0.05, 0) is 12.5 Å². The number of nitrogens with one attached hydrogen (secondary N) is 1. The Morgan fingerprint density at radius 3 is 2.83 bits per heavy atom. The van der Waals surface area contributed by atoms with E-state index in [2.05, 4.69) is 10.3 Å². The second-order valence-corrected chi connectivity index (χ2v) is 5.90. The average Bonchev–Trinajstić information content (AvgIpc) is 2.37. The van der Waals surface area contributed by atoms with Crippen molar-refractivity contribution in [3.63, 3.8) is 0 Å². The Kier molecular flexibility index (Phi) is 5.52. The van der Waals surface area contributed by atoms with Crippen molar-refractivity contribution in [3.05, 3.63) is 18.3 Å². The lowest BCUT2D eigenvalue weighted by molar-refractivity contribution is 0.266. The van der Waals surface area contributed by atoms with Gasteiger partial charge in [-0.2, -0.15) is 4.31 Å². The molecular weight excluding hydrogens is 254 g/mol. The van der Waals surface area contributed by atoms with Crippen LogP contribution in [-0.4, -0.2) is 49.6 Å². The summed E-state index contributed by atoms with van der Waals surface area (Å²) in [6.07, 6.45) is 2.39. The quantitative estimate of drug-likeness (QED) is 0.756. The van der Waals surface area contributed by atoms with Gasteiger partial charge in [-0.1, -0.05) is 6.92 Å². The molecule has 18 heavy (non-hydrogen) atoms. The summed E-state index contributed by atoms with van der Waals surface area (Å²) < 4.78 is 25.3. The molecule has 0 radical (unpaired) electrons. The molecule has 1 rings (SSSR count).